The SMILES string of the molecule is CNc1ccccc1[B]O. The largest absolute Gasteiger partial charge is 0.450 e. The molecule has 0 aromatic heterocycles. The van der Waals surface area contributed by atoms with Crippen molar-refractivity contribution >= 4 is 18.6 Å². The van der Waals surface area contributed by atoms with Gasteiger partial charge in [-0.25, -0.2) is 0 Å². The normalized spacial score (nSPS) is 9.00. The maximum atomic E-state index is 8.68. The third kappa shape index (κ3) is 1.31. The van der Waals surface area contributed by atoms with Crippen molar-refractivity contribution in [3.8, 4) is 0 Å². The van der Waals surface area contributed by atoms with Gasteiger partial charge in [-0.3, -0.25) is 0 Å². The van der Waals surface area contributed by atoms with E-state index in [1.807, 2.05) is 31.3 Å². The van der Waals surface area contributed by atoms with Crippen LogP contribution in [0.4, 0.5) is 5.69 Å². The molecule has 1 radical (unpaired) electrons. The molecule has 1 aromatic carbocycles. The van der Waals surface area contributed by atoms with Gasteiger partial charge in [-0.15, -0.1) is 0 Å². The van der Waals surface area contributed by atoms with Crippen molar-refractivity contribution in [3.05, 3.63) is 24.3 Å². The lowest BCUT2D eigenvalue weighted by Gasteiger charge is -2.03. The molecule has 10 heavy (non-hydrogen) atoms. The lowest BCUT2D eigenvalue weighted by Crippen LogP contribution is -2.17. The number of para-hydroxylation sites is 1. The second-order valence-corrected chi connectivity index (χ2v) is 1.97. The van der Waals surface area contributed by atoms with E-state index in [1.54, 1.807) is 0 Å². The lowest BCUT2D eigenvalue weighted by molar-refractivity contribution is 0.615. The molecule has 0 atom stereocenters. The predicted molar refractivity (Wildman–Crippen MR) is 43.6 cm³/mol. The summed E-state index contributed by atoms with van der Waals surface area (Å²) < 4.78 is 0. The second-order valence-electron chi connectivity index (χ2n) is 1.97. The van der Waals surface area contributed by atoms with Crippen LogP contribution in [0.25, 0.3) is 0 Å². The molecule has 51 valence electrons. The zero-order valence-electron chi connectivity index (χ0n) is 5.83. The molecule has 0 unspecified atom stereocenters. The van der Waals surface area contributed by atoms with Crippen molar-refractivity contribution in [2.45, 2.75) is 0 Å². The van der Waals surface area contributed by atoms with E-state index in [-0.39, 0.29) is 0 Å². The first-order valence-corrected chi connectivity index (χ1v) is 3.12. The molecule has 0 aliphatic heterocycles. The van der Waals surface area contributed by atoms with E-state index in [2.05, 4.69) is 5.32 Å². The van der Waals surface area contributed by atoms with Crippen molar-refractivity contribution < 1.29 is 5.02 Å². The van der Waals surface area contributed by atoms with Crippen LogP contribution >= 0.6 is 0 Å². The van der Waals surface area contributed by atoms with Crippen LogP contribution in [0.1, 0.15) is 0 Å². The van der Waals surface area contributed by atoms with Crippen LogP contribution in [0.15, 0.2) is 24.3 Å². The maximum Gasteiger partial charge on any atom is 0.328 e. The third-order valence-electron chi connectivity index (χ3n) is 1.37. The first kappa shape index (κ1) is 7.16. The molecular formula is C7H9BNO. The van der Waals surface area contributed by atoms with Crippen LogP contribution in [0, 0.1) is 0 Å². The molecule has 0 aliphatic carbocycles. The molecule has 3 heteroatoms. The van der Waals surface area contributed by atoms with Crippen LogP contribution < -0.4 is 10.8 Å². The Balaban J connectivity index is 2.96. The fourth-order valence-electron chi connectivity index (χ4n) is 0.837. The van der Waals surface area contributed by atoms with Gasteiger partial charge in [0, 0.05) is 12.7 Å². The van der Waals surface area contributed by atoms with E-state index >= 15 is 0 Å². The zero-order valence-corrected chi connectivity index (χ0v) is 5.83. The number of benzene rings is 1. The van der Waals surface area contributed by atoms with Gasteiger partial charge in [0.05, 0.1) is 0 Å². The molecule has 0 aliphatic rings. The fraction of sp³-hybridized carbons (Fsp3) is 0.143. The standard InChI is InChI=1S/C7H9BNO/c1-9-7-5-3-2-4-6(7)8-10/h2-5,9-10H,1H3. The molecule has 1 aromatic rings. The summed E-state index contributed by atoms with van der Waals surface area (Å²) in [7, 11) is 2.91. The Morgan fingerprint density at radius 2 is 2.10 bits per heavy atom. The van der Waals surface area contributed by atoms with Gasteiger partial charge in [0.25, 0.3) is 0 Å². The topological polar surface area (TPSA) is 32.3 Å². The Morgan fingerprint density at radius 3 is 2.60 bits per heavy atom. The molecule has 1 rings (SSSR count). The van der Waals surface area contributed by atoms with Gasteiger partial charge in [-0.2, -0.15) is 0 Å². The Labute approximate surface area is 61.2 Å². The first-order chi connectivity index (χ1) is 4.88. The van der Waals surface area contributed by atoms with Crippen molar-refractivity contribution in [1.29, 1.82) is 0 Å². The summed E-state index contributed by atoms with van der Waals surface area (Å²) in [5, 5.41) is 11.6. The Kier molecular flexibility index (Phi) is 2.34. The number of hydrogen-bond donors (Lipinski definition) is 2. The average molecular weight is 134 g/mol. The number of anilines is 1. The average Bonchev–Trinajstić information content (AvgIpc) is 2.04. The van der Waals surface area contributed by atoms with E-state index in [0.717, 1.165) is 18.6 Å². The summed E-state index contributed by atoms with van der Waals surface area (Å²) in [6.45, 7) is 0. The summed E-state index contributed by atoms with van der Waals surface area (Å²) in [5.41, 5.74) is 1.75. The van der Waals surface area contributed by atoms with Gasteiger partial charge in [0.15, 0.2) is 0 Å². The molecule has 0 heterocycles. The van der Waals surface area contributed by atoms with Gasteiger partial charge in [0.2, 0.25) is 0 Å². The smallest absolute Gasteiger partial charge is 0.328 e. The van der Waals surface area contributed by atoms with Crippen LogP contribution in [0.2, 0.25) is 0 Å². The fourth-order valence-corrected chi connectivity index (χ4v) is 0.837. The molecular weight excluding hydrogens is 125 g/mol. The lowest BCUT2D eigenvalue weighted by atomic mass is 9.87. The highest BCUT2D eigenvalue weighted by molar-refractivity contribution is 6.48. The van der Waals surface area contributed by atoms with E-state index in [4.69, 9.17) is 5.02 Å². The Bertz CT molecular complexity index is 192. The van der Waals surface area contributed by atoms with Gasteiger partial charge >= 0.3 is 7.48 Å². The minimum atomic E-state index is 0.810. The molecule has 0 bridgehead atoms. The molecule has 0 saturated heterocycles. The van der Waals surface area contributed by atoms with Gasteiger partial charge < -0.3 is 10.3 Å². The minimum absolute atomic E-state index is 0.810. The highest BCUT2D eigenvalue weighted by Crippen LogP contribution is 1.99. The maximum absolute atomic E-state index is 8.68. The molecule has 0 fully saturated rings. The van der Waals surface area contributed by atoms with Crippen LogP contribution in [-0.4, -0.2) is 19.6 Å². The minimum Gasteiger partial charge on any atom is -0.450 e. The third-order valence-corrected chi connectivity index (χ3v) is 1.37. The summed E-state index contributed by atoms with van der Waals surface area (Å²) in [4.78, 5) is 0. The summed E-state index contributed by atoms with van der Waals surface area (Å²) in [6.07, 6.45) is 0. The molecule has 0 spiro atoms. The predicted octanol–water partition coefficient (Wildman–Crippen LogP) is -0.0349. The van der Waals surface area contributed by atoms with Crippen LogP contribution in [0.3, 0.4) is 0 Å². The molecule has 2 nitrogen and oxygen atoms in total. The van der Waals surface area contributed by atoms with Crippen LogP contribution in [-0.2, 0) is 0 Å². The first-order valence-electron chi connectivity index (χ1n) is 3.12. The number of rotatable bonds is 2. The Hall–Kier alpha value is -0.955. The second kappa shape index (κ2) is 3.27. The van der Waals surface area contributed by atoms with E-state index in [1.165, 1.54) is 0 Å². The highest BCUT2D eigenvalue weighted by atomic mass is 16.2. The number of nitrogens with one attached hydrogen (secondary N) is 1. The molecule has 2 N–H and O–H groups in total. The van der Waals surface area contributed by atoms with E-state index in [0.29, 0.717) is 0 Å². The van der Waals surface area contributed by atoms with Crippen molar-refractivity contribution in [2.75, 3.05) is 12.4 Å². The highest BCUT2D eigenvalue weighted by Gasteiger charge is 1.97. The quantitative estimate of drug-likeness (QED) is 0.556. The monoisotopic (exact) mass is 134 g/mol. The number of hydrogen-bond acceptors (Lipinski definition) is 2. The van der Waals surface area contributed by atoms with Gasteiger partial charge in [0.1, 0.15) is 0 Å². The summed E-state index contributed by atoms with van der Waals surface area (Å²) in [6, 6.07) is 7.54. The van der Waals surface area contributed by atoms with E-state index < -0.39 is 0 Å². The summed E-state index contributed by atoms with van der Waals surface area (Å²) in [5.74, 6) is 0. The van der Waals surface area contributed by atoms with Gasteiger partial charge in [-0.1, -0.05) is 18.2 Å². The van der Waals surface area contributed by atoms with E-state index in [9.17, 15) is 0 Å². The zero-order chi connectivity index (χ0) is 7.40. The van der Waals surface area contributed by atoms with Crippen molar-refractivity contribution in [1.82, 2.24) is 0 Å². The Morgan fingerprint density at radius 1 is 1.40 bits per heavy atom. The molecule has 0 amide bonds. The van der Waals surface area contributed by atoms with Gasteiger partial charge in [-0.05, 0) is 11.5 Å². The molecule has 0 saturated carbocycles. The van der Waals surface area contributed by atoms with Crippen molar-refractivity contribution in [2.24, 2.45) is 0 Å². The summed E-state index contributed by atoms with van der Waals surface area (Å²) >= 11 is 0. The van der Waals surface area contributed by atoms with Crippen molar-refractivity contribution in [3.63, 3.8) is 0 Å². The van der Waals surface area contributed by atoms with Crippen LogP contribution in [0.5, 0.6) is 0 Å².